The Morgan fingerprint density at radius 3 is 2.44 bits per heavy atom. The number of aromatic nitrogens is 3. The van der Waals surface area contributed by atoms with Crippen LogP contribution in [0.2, 0.25) is 0 Å². The Kier molecular flexibility index (Phi) is 6.36. The zero-order chi connectivity index (χ0) is 24.3. The van der Waals surface area contributed by atoms with Crippen molar-refractivity contribution in [2.75, 3.05) is 0 Å². The molecule has 0 atom stereocenters. The number of benzene rings is 1. The summed E-state index contributed by atoms with van der Waals surface area (Å²) < 4.78 is 52.2. The number of pyridine rings is 3. The average molecular weight is 466 g/mol. The molecule has 1 amide bonds. The average Bonchev–Trinajstić information content (AvgIpc) is 2.82. The molecule has 0 aliphatic rings. The van der Waals surface area contributed by atoms with Gasteiger partial charge >= 0.3 is 6.18 Å². The van der Waals surface area contributed by atoms with E-state index in [1.807, 2.05) is 0 Å². The minimum absolute atomic E-state index is 0.169. The van der Waals surface area contributed by atoms with Crippen molar-refractivity contribution in [3.05, 3.63) is 101 Å². The zero-order valence-corrected chi connectivity index (χ0v) is 17.9. The summed E-state index contributed by atoms with van der Waals surface area (Å²) in [5.41, 5.74) is 2.54. The van der Waals surface area contributed by atoms with E-state index < -0.39 is 11.9 Å². The summed E-state index contributed by atoms with van der Waals surface area (Å²) in [7, 11) is 0. The van der Waals surface area contributed by atoms with Gasteiger partial charge in [-0.05, 0) is 54.4 Å². The molecule has 1 N–H and O–H groups in total. The maximum atomic E-state index is 13.4. The van der Waals surface area contributed by atoms with E-state index in [0.29, 0.717) is 39.2 Å². The maximum Gasteiger partial charge on any atom is 0.433 e. The van der Waals surface area contributed by atoms with E-state index in [0.717, 1.165) is 12.3 Å². The molecule has 4 aromatic rings. The van der Waals surface area contributed by atoms with E-state index in [-0.39, 0.29) is 18.3 Å². The second-order valence-electron chi connectivity index (χ2n) is 7.56. The van der Waals surface area contributed by atoms with Gasteiger partial charge in [-0.1, -0.05) is 18.2 Å². The van der Waals surface area contributed by atoms with Gasteiger partial charge in [0, 0.05) is 36.3 Å². The molecule has 0 radical (unpaired) electrons. The molecule has 1 aromatic carbocycles. The van der Waals surface area contributed by atoms with Crippen LogP contribution in [-0.2, 0) is 12.7 Å². The van der Waals surface area contributed by atoms with Gasteiger partial charge in [0.05, 0.1) is 17.0 Å². The monoisotopic (exact) mass is 466 g/mol. The molecule has 0 saturated heterocycles. The van der Waals surface area contributed by atoms with Gasteiger partial charge in [-0.25, -0.2) is 4.39 Å². The lowest BCUT2D eigenvalue weighted by Gasteiger charge is -2.11. The molecule has 34 heavy (non-hydrogen) atoms. The van der Waals surface area contributed by atoms with Gasteiger partial charge < -0.3 is 5.32 Å². The summed E-state index contributed by atoms with van der Waals surface area (Å²) >= 11 is 0. The number of aryl methyl sites for hydroxylation is 1. The van der Waals surface area contributed by atoms with Gasteiger partial charge in [0.25, 0.3) is 5.91 Å². The SMILES string of the molecule is Cc1cc(CNC(=O)c2ccc(-c3cccc(F)c3)nc2)cnc1-c1ccnc(C(F)(F)F)c1. The van der Waals surface area contributed by atoms with Crippen LogP contribution in [0.5, 0.6) is 0 Å². The van der Waals surface area contributed by atoms with E-state index in [1.165, 1.54) is 30.6 Å². The third-order valence-corrected chi connectivity index (χ3v) is 5.06. The van der Waals surface area contributed by atoms with Crippen LogP contribution < -0.4 is 5.32 Å². The molecular formula is C25H18F4N4O. The van der Waals surface area contributed by atoms with Gasteiger partial charge in [0.2, 0.25) is 0 Å². The maximum absolute atomic E-state index is 13.4. The molecule has 3 heterocycles. The molecule has 172 valence electrons. The third-order valence-electron chi connectivity index (χ3n) is 5.06. The predicted octanol–water partition coefficient (Wildman–Crippen LogP) is 5.60. The van der Waals surface area contributed by atoms with Crippen molar-refractivity contribution in [1.29, 1.82) is 0 Å². The highest BCUT2D eigenvalue weighted by atomic mass is 19.4. The first-order valence-electron chi connectivity index (χ1n) is 10.2. The Labute approximate surface area is 192 Å². The number of nitrogens with zero attached hydrogens (tertiary/aromatic N) is 3. The topological polar surface area (TPSA) is 67.8 Å². The second kappa shape index (κ2) is 9.38. The van der Waals surface area contributed by atoms with Crippen LogP contribution in [0.3, 0.4) is 0 Å². The lowest BCUT2D eigenvalue weighted by Crippen LogP contribution is -2.23. The summed E-state index contributed by atoms with van der Waals surface area (Å²) in [6.45, 7) is 1.90. The van der Waals surface area contributed by atoms with Crippen molar-refractivity contribution >= 4 is 5.91 Å². The summed E-state index contributed by atoms with van der Waals surface area (Å²) in [4.78, 5) is 24.4. The normalized spacial score (nSPS) is 11.3. The Balaban J connectivity index is 1.43. The van der Waals surface area contributed by atoms with Crippen molar-refractivity contribution in [2.24, 2.45) is 0 Å². The second-order valence-corrected chi connectivity index (χ2v) is 7.56. The highest BCUT2D eigenvalue weighted by molar-refractivity contribution is 5.94. The number of alkyl halides is 3. The van der Waals surface area contributed by atoms with Gasteiger partial charge in [-0.2, -0.15) is 13.2 Å². The molecule has 5 nitrogen and oxygen atoms in total. The molecule has 0 aliphatic carbocycles. The van der Waals surface area contributed by atoms with E-state index in [1.54, 1.807) is 37.3 Å². The lowest BCUT2D eigenvalue weighted by molar-refractivity contribution is -0.141. The number of carbonyl (C=O) groups excluding carboxylic acids is 1. The first-order valence-corrected chi connectivity index (χ1v) is 10.2. The van der Waals surface area contributed by atoms with Gasteiger partial charge in [-0.15, -0.1) is 0 Å². The highest BCUT2D eigenvalue weighted by Gasteiger charge is 2.32. The zero-order valence-electron chi connectivity index (χ0n) is 17.9. The van der Waals surface area contributed by atoms with Gasteiger partial charge in [-0.3, -0.25) is 19.7 Å². The van der Waals surface area contributed by atoms with E-state index >= 15 is 0 Å². The lowest BCUT2D eigenvalue weighted by atomic mass is 10.1. The van der Waals surface area contributed by atoms with Crippen molar-refractivity contribution in [3.63, 3.8) is 0 Å². The smallest absolute Gasteiger partial charge is 0.348 e. The number of rotatable bonds is 5. The van der Waals surface area contributed by atoms with Crippen LogP contribution in [0.1, 0.15) is 27.2 Å². The summed E-state index contributed by atoms with van der Waals surface area (Å²) in [6.07, 6.45) is -0.537. The van der Waals surface area contributed by atoms with Gasteiger partial charge in [0.1, 0.15) is 11.5 Å². The largest absolute Gasteiger partial charge is 0.433 e. The van der Waals surface area contributed by atoms with Crippen molar-refractivity contribution < 1.29 is 22.4 Å². The Morgan fingerprint density at radius 1 is 0.941 bits per heavy atom. The first kappa shape index (κ1) is 23.0. The molecule has 0 fully saturated rings. The van der Waals surface area contributed by atoms with Crippen LogP contribution in [0, 0.1) is 12.7 Å². The van der Waals surface area contributed by atoms with Crippen molar-refractivity contribution in [2.45, 2.75) is 19.6 Å². The van der Waals surface area contributed by atoms with Gasteiger partial charge in [0.15, 0.2) is 0 Å². The van der Waals surface area contributed by atoms with Crippen LogP contribution in [-0.4, -0.2) is 20.9 Å². The number of amides is 1. The number of hydrogen-bond donors (Lipinski definition) is 1. The Bertz CT molecular complexity index is 1340. The van der Waals surface area contributed by atoms with Crippen LogP contribution in [0.25, 0.3) is 22.5 Å². The fraction of sp³-hybridized carbons (Fsp3) is 0.120. The van der Waals surface area contributed by atoms with E-state index in [2.05, 4.69) is 20.3 Å². The van der Waals surface area contributed by atoms with E-state index in [4.69, 9.17) is 0 Å². The quantitative estimate of drug-likeness (QED) is 0.389. The Hall–Kier alpha value is -4.14. The summed E-state index contributed by atoms with van der Waals surface area (Å²) in [6, 6.07) is 13.4. The molecule has 0 bridgehead atoms. The molecule has 9 heteroatoms. The number of carbonyl (C=O) groups is 1. The number of hydrogen-bond acceptors (Lipinski definition) is 4. The molecule has 4 rings (SSSR count). The predicted molar refractivity (Wildman–Crippen MR) is 118 cm³/mol. The standard InChI is InChI=1S/C25H18F4N4O/c1-15-9-16(12-32-23(15)18-7-8-30-22(11-18)25(27,28)29)13-33-24(34)19-5-6-21(31-14-19)17-3-2-4-20(26)10-17/h2-12,14H,13H2,1H3,(H,33,34). The first-order chi connectivity index (χ1) is 16.2. The van der Waals surface area contributed by atoms with Crippen LogP contribution >= 0.6 is 0 Å². The third kappa shape index (κ3) is 5.25. The minimum Gasteiger partial charge on any atom is -0.348 e. The van der Waals surface area contributed by atoms with E-state index in [9.17, 15) is 22.4 Å². The highest BCUT2D eigenvalue weighted by Crippen LogP contribution is 2.31. The fourth-order valence-corrected chi connectivity index (χ4v) is 3.40. The molecular weight excluding hydrogens is 448 g/mol. The fourth-order valence-electron chi connectivity index (χ4n) is 3.40. The Morgan fingerprint density at radius 2 is 1.76 bits per heavy atom. The molecule has 0 spiro atoms. The number of nitrogens with one attached hydrogen (secondary N) is 1. The molecule has 0 unspecified atom stereocenters. The number of halogens is 4. The molecule has 3 aromatic heterocycles. The minimum atomic E-state index is -4.54. The van der Waals surface area contributed by atoms with Crippen LogP contribution in [0.4, 0.5) is 17.6 Å². The van der Waals surface area contributed by atoms with Crippen molar-refractivity contribution in [1.82, 2.24) is 20.3 Å². The summed E-state index contributed by atoms with van der Waals surface area (Å²) in [5.74, 6) is -0.732. The molecule has 0 saturated carbocycles. The molecule has 0 aliphatic heterocycles. The van der Waals surface area contributed by atoms with Crippen LogP contribution in [0.15, 0.2) is 73.2 Å². The van der Waals surface area contributed by atoms with Crippen molar-refractivity contribution in [3.8, 4) is 22.5 Å². The summed E-state index contributed by atoms with van der Waals surface area (Å²) in [5, 5.41) is 2.76.